The summed E-state index contributed by atoms with van der Waals surface area (Å²) >= 11 is 1.77. The summed E-state index contributed by atoms with van der Waals surface area (Å²) in [5, 5.41) is 4.93. The first kappa shape index (κ1) is 13.8. The van der Waals surface area contributed by atoms with Crippen molar-refractivity contribution in [1.82, 2.24) is 9.97 Å². The average Bonchev–Trinajstić information content (AvgIpc) is 2.93. The van der Waals surface area contributed by atoms with E-state index in [9.17, 15) is 0 Å². The lowest BCUT2D eigenvalue weighted by molar-refractivity contribution is 0.391. The number of thiophene rings is 1. The lowest BCUT2D eigenvalue weighted by Crippen LogP contribution is -2.25. The van der Waals surface area contributed by atoms with Gasteiger partial charge in [0.15, 0.2) is 0 Å². The summed E-state index contributed by atoms with van der Waals surface area (Å²) < 4.78 is 0. The molecule has 20 heavy (non-hydrogen) atoms. The highest BCUT2D eigenvalue weighted by molar-refractivity contribution is 7.18. The predicted molar refractivity (Wildman–Crippen MR) is 86.5 cm³/mol. The molecule has 1 saturated carbocycles. The molecule has 2 aromatic rings. The van der Waals surface area contributed by atoms with E-state index in [0.717, 1.165) is 22.5 Å². The molecular formula is C16H23N3S. The molecule has 108 valence electrons. The first-order valence-electron chi connectivity index (χ1n) is 7.59. The quantitative estimate of drug-likeness (QED) is 0.901. The van der Waals surface area contributed by atoms with Crippen molar-refractivity contribution in [2.75, 3.05) is 5.32 Å². The van der Waals surface area contributed by atoms with Gasteiger partial charge >= 0.3 is 0 Å². The molecule has 0 saturated heterocycles. The van der Waals surface area contributed by atoms with Crippen molar-refractivity contribution in [3.63, 3.8) is 0 Å². The Hall–Kier alpha value is -1.16. The molecule has 0 amide bonds. The molecule has 3 nitrogen and oxygen atoms in total. The summed E-state index contributed by atoms with van der Waals surface area (Å²) in [7, 11) is 0. The molecule has 0 radical (unpaired) electrons. The summed E-state index contributed by atoms with van der Waals surface area (Å²) in [4.78, 5) is 11.4. The first-order valence-corrected chi connectivity index (χ1v) is 8.40. The van der Waals surface area contributed by atoms with Crippen LogP contribution in [0.4, 0.5) is 5.82 Å². The number of nitrogens with one attached hydrogen (secondary N) is 1. The zero-order chi connectivity index (χ0) is 14.3. The highest BCUT2D eigenvalue weighted by Crippen LogP contribution is 2.38. The zero-order valence-corrected chi connectivity index (χ0v) is 13.5. The van der Waals surface area contributed by atoms with E-state index in [0.29, 0.717) is 6.04 Å². The van der Waals surface area contributed by atoms with Crippen LogP contribution in [0.15, 0.2) is 6.33 Å². The summed E-state index contributed by atoms with van der Waals surface area (Å²) in [6.07, 6.45) is 5.57. The van der Waals surface area contributed by atoms with Gasteiger partial charge in [0.1, 0.15) is 17.0 Å². The van der Waals surface area contributed by atoms with Gasteiger partial charge in [-0.2, -0.15) is 0 Å². The molecule has 3 unspecified atom stereocenters. The van der Waals surface area contributed by atoms with Gasteiger partial charge in [0, 0.05) is 10.9 Å². The third kappa shape index (κ3) is 2.20. The summed E-state index contributed by atoms with van der Waals surface area (Å²) in [5.74, 6) is 2.62. The number of fused-ring (bicyclic) bond motifs is 1. The third-order valence-corrected chi connectivity index (χ3v) is 6.15. The minimum Gasteiger partial charge on any atom is -0.366 e. The standard InChI is InChI=1S/C16H23N3S/c1-5-12-6-7-13(10(12)3)19-15-14-9(2)11(4)20-16(14)18-8-17-15/h8,10,12-13H,5-7H2,1-4H3,(H,17,18,19). The predicted octanol–water partition coefficient (Wildman–Crippen LogP) is 4.54. The Bertz CT molecular complexity index is 619. The smallest absolute Gasteiger partial charge is 0.138 e. The van der Waals surface area contributed by atoms with E-state index >= 15 is 0 Å². The molecular weight excluding hydrogens is 266 g/mol. The number of aryl methyl sites for hydroxylation is 2. The molecule has 1 fully saturated rings. The molecule has 3 rings (SSSR count). The molecule has 1 aliphatic rings. The van der Waals surface area contributed by atoms with Gasteiger partial charge in [-0.05, 0) is 44.1 Å². The topological polar surface area (TPSA) is 37.8 Å². The largest absolute Gasteiger partial charge is 0.366 e. The Morgan fingerprint density at radius 1 is 1.30 bits per heavy atom. The van der Waals surface area contributed by atoms with Gasteiger partial charge in [0.05, 0.1) is 5.39 Å². The Morgan fingerprint density at radius 2 is 2.10 bits per heavy atom. The molecule has 1 N–H and O–H groups in total. The molecule has 4 heteroatoms. The van der Waals surface area contributed by atoms with E-state index in [2.05, 4.69) is 43.0 Å². The Kier molecular flexibility index (Phi) is 3.67. The Labute approximate surface area is 124 Å². The van der Waals surface area contributed by atoms with Crippen LogP contribution >= 0.6 is 11.3 Å². The number of anilines is 1. The van der Waals surface area contributed by atoms with Crippen LogP contribution in [0.2, 0.25) is 0 Å². The molecule has 0 aromatic carbocycles. The van der Waals surface area contributed by atoms with E-state index in [1.54, 1.807) is 17.7 Å². The third-order valence-electron chi connectivity index (χ3n) is 5.04. The maximum atomic E-state index is 4.51. The van der Waals surface area contributed by atoms with Crippen molar-refractivity contribution in [1.29, 1.82) is 0 Å². The summed E-state index contributed by atoms with van der Waals surface area (Å²) in [6.45, 7) is 9.02. The fourth-order valence-corrected chi connectivity index (χ4v) is 4.49. The monoisotopic (exact) mass is 289 g/mol. The molecule has 0 spiro atoms. The van der Waals surface area contributed by atoms with Crippen molar-refractivity contribution in [2.45, 2.75) is 53.0 Å². The van der Waals surface area contributed by atoms with E-state index < -0.39 is 0 Å². The minimum absolute atomic E-state index is 0.553. The molecule has 0 bridgehead atoms. The number of hydrogen-bond acceptors (Lipinski definition) is 4. The second-order valence-corrected chi connectivity index (χ2v) is 7.24. The fourth-order valence-electron chi connectivity index (χ4n) is 3.49. The number of nitrogens with zero attached hydrogens (tertiary/aromatic N) is 2. The normalized spacial score (nSPS) is 26.3. The first-order chi connectivity index (χ1) is 9.61. The molecule has 2 heterocycles. The van der Waals surface area contributed by atoms with Gasteiger partial charge in [-0.3, -0.25) is 0 Å². The van der Waals surface area contributed by atoms with Crippen molar-refractivity contribution in [3.8, 4) is 0 Å². The van der Waals surface area contributed by atoms with Crippen molar-refractivity contribution in [3.05, 3.63) is 16.8 Å². The summed E-state index contributed by atoms with van der Waals surface area (Å²) in [6, 6.07) is 0.553. The molecule has 1 aliphatic carbocycles. The van der Waals surface area contributed by atoms with E-state index in [-0.39, 0.29) is 0 Å². The van der Waals surface area contributed by atoms with E-state index in [4.69, 9.17) is 0 Å². The maximum Gasteiger partial charge on any atom is 0.138 e. The fraction of sp³-hybridized carbons (Fsp3) is 0.625. The number of aromatic nitrogens is 2. The number of hydrogen-bond donors (Lipinski definition) is 1. The SMILES string of the molecule is CCC1CCC(Nc2ncnc3sc(C)c(C)c23)C1C. The number of rotatable bonds is 3. The van der Waals surface area contributed by atoms with Crippen LogP contribution in [-0.4, -0.2) is 16.0 Å². The second kappa shape index (κ2) is 5.32. The van der Waals surface area contributed by atoms with Gasteiger partial charge < -0.3 is 5.32 Å². The zero-order valence-electron chi connectivity index (χ0n) is 12.7. The van der Waals surface area contributed by atoms with Crippen molar-refractivity contribution >= 4 is 27.4 Å². The van der Waals surface area contributed by atoms with Crippen LogP contribution in [0.3, 0.4) is 0 Å². The molecule has 0 aliphatic heterocycles. The lowest BCUT2D eigenvalue weighted by Gasteiger charge is -2.21. The van der Waals surface area contributed by atoms with Crippen molar-refractivity contribution in [2.24, 2.45) is 11.8 Å². The summed E-state index contributed by atoms with van der Waals surface area (Å²) in [5.41, 5.74) is 1.32. The van der Waals surface area contributed by atoms with Gasteiger partial charge in [-0.15, -0.1) is 11.3 Å². The van der Waals surface area contributed by atoms with Gasteiger partial charge in [0.25, 0.3) is 0 Å². The average molecular weight is 289 g/mol. The van der Waals surface area contributed by atoms with Crippen LogP contribution in [0.1, 0.15) is 43.6 Å². The van der Waals surface area contributed by atoms with Crippen LogP contribution in [0, 0.1) is 25.7 Å². The lowest BCUT2D eigenvalue weighted by atomic mass is 9.93. The van der Waals surface area contributed by atoms with Crippen LogP contribution < -0.4 is 5.32 Å². The van der Waals surface area contributed by atoms with Crippen molar-refractivity contribution < 1.29 is 0 Å². The Balaban J connectivity index is 1.92. The van der Waals surface area contributed by atoms with Crippen LogP contribution in [-0.2, 0) is 0 Å². The van der Waals surface area contributed by atoms with E-state index in [1.807, 2.05) is 0 Å². The molecule has 3 atom stereocenters. The molecule has 2 aromatic heterocycles. The van der Waals surface area contributed by atoms with Crippen LogP contribution in [0.5, 0.6) is 0 Å². The second-order valence-electron chi connectivity index (χ2n) is 6.04. The highest BCUT2D eigenvalue weighted by Gasteiger charge is 2.32. The minimum atomic E-state index is 0.553. The van der Waals surface area contributed by atoms with Gasteiger partial charge in [0.2, 0.25) is 0 Å². The van der Waals surface area contributed by atoms with Gasteiger partial charge in [-0.1, -0.05) is 20.3 Å². The van der Waals surface area contributed by atoms with Gasteiger partial charge in [-0.25, -0.2) is 9.97 Å². The highest BCUT2D eigenvalue weighted by atomic mass is 32.1. The van der Waals surface area contributed by atoms with Crippen LogP contribution in [0.25, 0.3) is 10.2 Å². The maximum absolute atomic E-state index is 4.51. The Morgan fingerprint density at radius 3 is 2.80 bits per heavy atom. The van der Waals surface area contributed by atoms with E-state index in [1.165, 1.54) is 35.1 Å².